The van der Waals surface area contributed by atoms with Crippen LogP contribution in [0.3, 0.4) is 0 Å². The van der Waals surface area contributed by atoms with E-state index in [-0.39, 0.29) is 24.8 Å². The molecule has 0 aliphatic carbocycles. The summed E-state index contributed by atoms with van der Waals surface area (Å²) in [4.78, 5) is 4.25. The quantitative estimate of drug-likeness (QED) is 0.878. The Hall–Kier alpha value is -0.350. The maximum atomic E-state index is 5.59. The van der Waals surface area contributed by atoms with Crippen LogP contribution in [0.4, 0.5) is 0 Å². The molecule has 2 N–H and O–H groups in total. The summed E-state index contributed by atoms with van der Waals surface area (Å²) in [7, 11) is 0. The van der Waals surface area contributed by atoms with E-state index in [2.05, 4.69) is 20.9 Å². The number of aromatic nitrogens is 1. The van der Waals surface area contributed by atoms with Crippen molar-refractivity contribution in [1.82, 2.24) is 4.98 Å². The molecular formula is C10H11BrCl2N2. The molecule has 0 atom stereocenters. The molecule has 82 valence electrons. The van der Waals surface area contributed by atoms with Crippen molar-refractivity contribution in [1.29, 1.82) is 0 Å². The summed E-state index contributed by atoms with van der Waals surface area (Å²) in [5, 5.41) is 1.12. The first-order chi connectivity index (χ1) is 6.33. The lowest BCUT2D eigenvalue weighted by molar-refractivity contribution is 1.07. The van der Waals surface area contributed by atoms with Gasteiger partial charge in [-0.2, -0.15) is 0 Å². The number of pyridine rings is 1. The van der Waals surface area contributed by atoms with Crippen LogP contribution in [0.2, 0.25) is 0 Å². The Labute approximate surface area is 109 Å². The van der Waals surface area contributed by atoms with E-state index in [1.165, 1.54) is 0 Å². The third-order valence-electron chi connectivity index (χ3n) is 2.02. The first-order valence-corrected chi connectivity index (χ1v) is 4.84. The maximum absolute atomic E-state index is 5.59. The molecule has 0 saturated heterocycles. The van der Waals surface area contributed by atoms with Crippen molar-refractivity contribution in [2.75, 3.05) is 0 Å². The van der Waals surface area contributed by atoms with Gasteiger partial charge in [0, 0.05) is 22.6 Å². The number of nitrogens with two attached hydrogens (primary N) is 1. The molecule has 0 unspecified atom stereocenters. The van der Waals surface area contributed by atoms with Gasteiger partial charge in [0.15, 0.2) is 0 Å². The Morgan fingerprint density at radius 1 is 1.20 bits per heavy atom. The summed E-state index contributed by atoms with van der Waals surface area (Å²) in [6, 6.07) is 7.95. The Morgan fingerprint density at radius 2 is 1.93 bits per heavy atom. The molecule has 0 saturated carbocycles. The van der Waals surface area contributed by atoms with Gasteiger partial charge < -0.3 is 5.73 Å². The molecule has 0 aliphatic rings. The van der Waals surface area contributed by atoms with Crippen LogP contribution >= 0.6 is 40.7 Å². The number of rotatable bonds is 1. The highest BCUT2D eigenvalue weighted by molar-refractivity contribution is 9.10. The fraction of sp³-hybridized carbons (Fsp3) is 0.100. The van der Waals surface area contributed by atoms with E-state index >= 15 is 0 Å². The molecule has 5 heteroatoms. The van der Waals surface area contributed by atoms with Crippen LogP contribution < -0.4 is 5.73 Å². The van der Waals surface area contributed by atoms with Gasteiger partial charge in [-0.15, -0.1) is 24.8 Å². The molecule has 1 aromatic carbocycles. The number of hydrogen-bond donors (Lipinski definition) is 1. The second-order valence-electron chi connectivity index (χ2n) is 2.81. The molecule has 0 aliphatic heterocycles. The summed E-state index contributed by atoms with van der Waals surface area (Å²) in [5.74, 6) is 0. The summed E-state index contributed by atoms with van der Waals surface area (Å²) in [6.07, 6.45) is 1.79. The van der Waals surface area contributed by atoms with Crippen molar-refractivity contribution >= 4 is 51.6 Å². The molecule has 0 amide bonds. The predicted molar refractivity (Wildman–Crippen MR) is 71.8 cm³/mol. The molecule has 2 nitrogen and oxygen atoms in total. The molecule has 2 rings (SSSR count). The van der Waals surface area contributed by atoms with Crippen molar-refractivity contribution in [3.8, 4) is 0 Å². The minimum atomic E-state index is 0. The Bertz CT molecular complexity index is 448. The van der Waals surface area contributed by atoms with Gasteiger partial charge in [-0.05, 0) is 33.6 Å². The number of hydrogen-bond acceptors (Lipinski definition) is 2. The topological polar surface area (TPSA) is 38.9 Å². The monoisotopic (exact) mass is 308 g/mol. The summed E-state index contributed by atoms with van der Waals surface area (Å²) in [6.45, 7) is 0.547. The number of halogens is 3. The van der Waals surface area contributed by atoms with E-state index in [1.54, 1.807) is 6.20 Å². The van der Waals surface area contributed by atoms with Crippen LogP contribution in [0, 0.1) is 0 Å². The van der Waals surface area contributed by atoms with Crippen LogP contribution in [0.5, 0.6) is 0 Å². The lowest BCUT2D eigenvalue weighted by atomic mass is 10.1. The third kappa shape index (κ3) is 2.82. The third-order valence-corrected chi connectivity index (χ3v) is 2.96. The SMILES string of the molecule is Cl.Cl.NCc1ccc2ncccc2c1Br. The van der Waals surface area contributed by atoms with Crippen molar-refractivity contribution < 1.29 is 0 Å². The average Bonchev–Trinajstić information content (AvgIpc) is 2.19. The highest BCUT2D eigenvalue weighted by Gasteiger charge is 2.02. The van der Waals surface area contributed by atoms with E-state index in [4.69, 9.17) is 5.73 Å². The minimum Gasteiger partial charge on any atom is -0.326 e. The van der Waals surface area contributed by atoms with E-state index in [1.807, 2.05) is 24.3 Å². The van der Waals surface area contributed by atoms with Gasteiger partial charge in [0.25, 0.3) is 0 Å². The second-order valence-corrected chi connectivity index (χ2v) is 3.61. The Morgan fingerprint density at radius 3 is 2.60 bits per heavy atom. The van der Waals surface area contributed by atoms with Gasteiger partial charge in [0.1, 0.15) is 0 Å². The standard InChI is InChI=1S/C10H9BrN2.2ClH/c11-10-7(6-12)3-4-9-8(10)2-1-5-13-9;;/h1-5H,6,12H2;2*1H. The zero-order valence-electron chi connectivity index (χ0n) is 7.81. The molecule has 0 bridgehead atoms. The zero-order valence-corrected chi connectivity index (χ0v) is 11.0. The molecule has 0 spiro atoms. The van der Waals surface area contributed by atoms with Crippen molar-refractivity contribution in [3.63, 3.8) is 0 Å². The van der Waals surface area contributed by atoms with Gasteiger partial charge in [-0.3, -0.25) is 4.98 Å². The van der Waals surface area contributed by atoms with Crippen molar-refractivity contribution in [2.45, 2.75) is 6.54 Å². The highest BCUT2D eigenvalue weighted by Crippen LogP contribution is 2.25. The largest absolute Gasteiger partial charge is 0.326 e. The predicted octanol–water partition coefficient (Wildman–Crippen LogP) is 3.30. The van der Waals surface area contributed by atoms with Crippen LogP contribution in [-0.4, -0.2) is 4.98 Å². The van der Waals surface area contributed by atoms with Crippen molar-refractivity contribution in [2.24, 2.45) is 5.73 Å². The van der Waals surface area contributed by atoms with Gasteiger partial charge in [0.05, 0.1) is 5.52 Å². The maximum Gasteiger partial charge on any atom is 0.0713 e. The van der Waals surface area contributed by atoms with Gasteiger partial charge in [0.2, 0.25) is 0 Å². The first-order valence-electron chi connectivity index (χ1n) is 4.05. The number of fused-ring (bicyclic) bond motifs is 1. The molecular weight excluding hydrogens is 299 g/mol. The fourth-order valence-electron chi connectivity index (χ4n) is 1.32. The summed E-state index contributed by atoms with van der Waals surface area (Å²) < 4.78 is 1.06. The second kappa shape index (κ2) is 6.28. The van der Waals surface area contributed by atoms with E-state index in [0.717, 1.165) is 20.9 Å². The van der Waals surface area contributed by atoms with E-state index < -0.39 is 0 Å². The number of benzene rings is 1. The Kier molecular flexibility index (Phi) is 6.13. The van der Waals surface area contributed by atoms with E-state index in [9.17, 15) is 0 Å². The molecule has 15 heavy (non-hydrogen) atoms. The molecule has 0 radical (unpaired) electrons. The smallest absolute Gasteiger partial charge is 0.0713 e. The number of nitrogens with zero attached hydrogens (tertiary/aromatic N) is 1. The fourth-order valence-corrected chi connectivity index (χ4v) is 1.95. The van der Waals surface area contributed by atoms with Gasteiger partial charge >= 0.3 is 0 Å². The highest BCUT2D eigenvalue weighted by atomic mass is 79.9. The lowest BCUT2D eigenvalue weighted by Crippen LogP contribution is -1.97. The molecule has 2 aromatic rings. The van der Waals surface area contributed by atoms with Crippen LogP contribution in [0.25, 0.3) is 10.9 Å². The molecule has 1 heterocycles. The molecule has 0 fully saturated rings. The van der Waals surface area contributed by atoms with Crippen LogP contribution in [-0.2, 0) is 6.54 Å². The first kappa shape index (κ1) is 14.6. The van der Waals surface area contributed by atoms with Crippen molar-refractivity contribution in [3.05, 3.63) is 40.5 Å². The Balaban J connectivity index is 0.000000980. The lowest BCUT2D eigenvalue weighted by Gasteiger charge is -2.04. The normalized spacial score (nSPS) is 9.20. The minimum absolute atomic E-state index is 0. The van der Waals surface area contributed by atoms with Gasteiger partial charge in [-0.1, -0.05) is 12.1 Å². The summed E-state index contributed by atoms with van der Waals surface area (Å²) in [5.41, 5.74) is 7.70. The van der Waals surface area contributed by atoms with Crippen LogP contribution in [0.15, 0.2) is 34.9 Å². The zero-order chi connectivity index (χ0) is 9.26. The van der Waals surface area contributed by atoms with E-state index in [0.29, 0.717) is 6.54 Å². The summed E-state index contributed by atoms with van der Waals surface area (Å²) >= 11 is 3.52. The average molecular weight is 310 g/mol. The van der Waals surface area contributed by atoms with Crippen LogP contribution in [0.1, 0.15) is 5.56 Å². The molecule has 1 aromatic heterocycles. The van der Waals surface area contributed by atoms with Gasteiger partial charge in [-0.25, -0.2) is 0 Å².